The van der Waals surface area contributed by atoms with Crippen molar-refractivity contribution in [3.8, 4) is 0 Å². The molecular formula is C27H32N4O3. The van der Waals surface area contributed by atoms with Gasteiger partial charge in [0.05, 0.1) is 12.0 Å². The van der Waals surface area contributed by atoms with E-state index in [9.17, 15) is 9.59 Å². The van der Waals surface area contributed by atoms with Crippen LogP contribution < -0.4 is 5.32 Å². The molecule has 2 aromatic carbocycles. The molecule has 1 aliphatic rings. The van der Waals surface area contributed by atoms with E-state index in [4.69, 9.17) is 4.74 Å². The minimum atomic E-state index is -0.523. The third kappa shape index (κ3) is 5.47. The van der Waals surface area contributed by atoms with Crippen molar-refractivity contribution in [2.75, 3.05) is 11.9 Å². The number of rotatable bonds is 4. The van der Waals surface area contributed by atoms with E-state index in [1.54, 1.807) is 17.3 Å². The standard InChI is InChI=1S/C27H32N4O3/c1-18-7-6-8-20(13-18)15-31-17-28-24(19(31)2)29-25(32)22-9-10-23-16-30(12-11-21(23)14-22)26(33)34-27(3,4)5/h6-10,13-14,17H,11-12,15-16H2,1-5H3,(H,29,32). The fraction of sp³-hybridized carbons (Fsp3) is 0.370. The van der Waals surface area contributed by atoms with Crippen LogP contribution in [0.1, 0.15) is 59.1 Å². The van der Waals surface area contributed by atoms with Crippen molar-refractivity contribution in [2.24, 2.45) is 0 Å². The SMILES string of the molecule is Cc1cccc(Cn2cnc(NC(=O)c3ccc4c(c3)CCN(C(=O)OC(C)(C)C)C4)c2C)c1. The lowest BCUT2D eigenvalue weighted by Crippen LogP contribution is -2.39. The van der Waals surface area contributed by atoms with Gasteiger partial charge < -0.3 is 19.5 Å². The Hall–Kier alpha value is -3.61. The molecule has 1 aliphatic heterocycles. The first kappa shape index (κ1) is 23.5. The molecule has 1 N–H and O–H groups in total. The Bertz CT molecular complexity index is 1220. The number of carbonyl (C=O) groups is 2. The van der Waals surface area contributed by atoms with Crippen LogP contribution in [0, 0.1) is 13.8 Å². The van der Waals surface area contributed by atoms with Crippen molar-refractivity contribution in [3.05, 3.63) is 82.3 Å². The summed E-state index contributed by atoms with van der Waals surface area (Å²) in [6, 6.07) is 14.0. The molecule has 2 amide bonds. The van der Waals surface area contributed by atoms with Crippen LogP contribution in [-0.2, 0) is 24.2 Å². The number of amides is 2. The lowest BCUT2D eigenvalue weighted by molar-refractivity contribution is 0.0224. The molecule has 0 saturated heterocycles. The minimum absolute atomic E-state index is 0.193. The Balaban J connectivity index is 1.42. The van der Waals surface area contributed by atoms with E-state index < -0.39 is 5.60 Å². The number of ether oxygens (including phenoxy) is 1. The molecular weight excluding hydrogens is 428 g/mol. The average Bonchev–Trinajstić information content (AvgIpc) is 3.11. The van der Waals surface area contributed by atoms with Gasteiger partial charge in [-0.1, -0.05) is 35.9 Å². The molecule has 0 saturated carbocycles. The summed E-state index contributed by atoms with van der Waals surface area (Å²) in [5.41, 5.74) is 5.48. The minimum Gasteiger partial charge on any atom is -0.444 e. The highest BCUT2D eigenvalue weighted by atomic mass is 16.6. The van der Waals surface area contributed by atoms with E-state index in [0.717, 1.165) is 16.8 Å². The molecule has 34 heavy (non-hydrogen) atoms. The number of fused-ring (bicyclic) bond motifs is 1. The zero-order chi connectivity index (χ0) is 24.5. The molecule has 0 atom stereocenters. The van der Waals surface area contributed by atoms with Gasteiger partial charge in [-0.15, -0.1) is 0 Å². The Morgan fingerprint density at radius 3 is 2.62 bits per heavy atom. The number of aromatic nitrogens is 2. The number of imidazole rings is 1. The average molecular weight is 461 g/mol. The molecule has 7 nitrogen and oxygen atoms in total. The normalized spacial score (nSPS) is 13.4. The summed E-state index contributed by atoms with van der Waals surface area (Å²) in [5, 5.41) is 2.95. The number of carbonyl (C=O) groups excluding carboxylic acids is 2. The molecule has 0 radical (unpaired) electrons. The van der Waals surface area contributed by atoms with Crippen LogP contribution in [0.2, 0.25) is 0 Å². The van der Waals surface area contributed by atoms with Crippen molar-refractivity contribution >= 4 is 17.8 Å². The maximum atomic E-state index is 12.9. The van der Waals surface area contributed by atoms with E-state index in [1.165, 1.54) is 11.1 Å². The van der Waals surface area contributed by atoms with Gasteiger partial charge in [0.2, 0.25) is 0 Å². The molecule has 1 aromatic heterocycles. The summed E-state index contributed by atoms with van der Waals surface area (Å²) in [6.07, 6.45) is 2.13. The van der Waals surface area contributed by atoms with Crippen molar-refractivity contribution in [1.29, 1.82) is 0 Å². The summed E-state index contributed by atoms with van der Waals surface area (Å²) < 4.78 is 7.52. The highest BCUT2D eigenvalue weighted by Crippen LogP contribution is 2.23. The summed E-state index contributed by atoms with van der Waals surface area (Å²) in [4.78, 5) is 31.5. The van der Waals surface area contributed by atoms with Crippen molar-refractivity contribution in [3.63, 3.8) is 0 Å². The molecule has 0 aliphatic carbocycles. The van der Waals surface area contributed by atoms with Crippen molar-refractivity contribution in [2.45, 2.75) is 59.7 Å². The second-order valence-electron chi connectivity index (χ2n) is 9.89. The predicted molar refractivity (Wildman–Crippen MR) is 132 cm³/mol. The van der Waals surface area contributed by atoms with Crippen molar-refractivity contribution in [1.82, 2.24) is 14.5 Å². The van der Waals surface area contributed by atoms with E-state index >= 15 is 0 Å². The molecule has 2 heterocycles. The van der Waals surface area contributed by atoms with Crippen LogP contribution in [-0.4, -0.2) is 38.6 Å². The largest absolute Gasteiger partial charge is 0.444 e. The number of nitrogens with one attached hydrogen (secondary N) is 1. The third-order valence-corrected chi connectivity index (χ3v) is 5.90. The lowest BCUT2D eigenvalue weighted by Gasteiger charge is -2.31. The van der Waals surface area contributed by atoms with Gasteiger partial charge in [-0.2, -0.15) is 0 Å². The summed E-state index contributed by atoms with van der Waals surface area (Å²) in [7, 11) is 0. The van der Waals surface area contributed by atoms with Crippen LogP contribution in [0.4, 0.5) is 10.6 Å². The van der Waals surface area contributed by atoms with E-state index in [0.29, 0.717) is 37.4 Å². The highest BCUT2D eigenvalue weighted by Gasteiger charge is 2.26. The fourth-order valence-corrected chi connectivity index (χ4v) is 4.09. The molecule has 7 heteroatoms. The zero-order valence-electron chi connectivity index (χ0n) is 20.5. The Kier molecular flexibility index (Phi) is 6.46. The van der Waals surface area contributed by atoms with Crippen molar-refractivity contribution < 1.29 is 14.3 Å². The van der Waals surface area contributed by atoms with Gasteiger partial charge in [-0.25, -0.2) is 9.78 Å². The molecule has 178 valence electrons. The molecule has 0 unspecified atom stereocenters. The van der Waals surface area contributed by atoms with Gasteiger partial charge in [-0.3, -0.25) is 4.79 Å². The number of hydrogen-bond acceptors (Lipinski definition) is 4. The van der Waals surface area contributed by atoms with Crippen LogP contribution in [0.25, 0.3) is 0 Å². The van der Waals surface area contributed by atoms with E-state index in [2.05, 4.69) is 35.4 Å². The van der Waals surface area contributed by atoms with Crippen LogP contribution in [0.15, 0.2) is 48.8 Å². The van der Waals surface area contributed by atoms with Gasteiger partial charge >= 0.3 is 6.09 Å². The Morgan fingerprint density at radius 1 is 1.09 bits per heavy atom. The monoisotopic (exact) mass is 460 g/mol. The van der Waals surface area contributed by atoms with Crippen LogP contribution >= 0.6 is 0 Å². The number of hydrogen-bond donors (Lipinski definition) is 1. The summed E-state index contributed by atoms with van der Waals surface area (Å²) >= 11 is 0. The third-order valence-electron chi connectivity index (χ3n) is 5.90. The Morgan fingerprint density at radius 2 is 1.88 bits per heavy atom. The second-order valence-corrected chi connectivity index (χ2v) is 9.89. The highest BCUT2D eigenvalue weighted by molar-refractivity contribution is 6.04. The topological polar surface area (TPSA) is 76.5 Å². The van der Waals surface area contributed by atoms with Gasteiger partial charge in [0.1, 0.15) is 5.60 Å². The maximum absolute atomic E-state index is 12.9. The Labute approximate surface area is 200 Å². The first-order chi connectivity index (χ1) is 16.1. The molecule has 0 spiro atoms. The van der Waals surface area contributed by atoms with Gasteiger partial charge in [0.15, 0.2) is 5.82 Å². The molecule has 4 rings (SSSR count). The van der Waals surface area contributed by atoms with Gasteiger partial charge in [0.25, 0.3) is 5.91 Å². The van der Waals surface area contributed by atoms with Gasteiger partial charge in [-0.05, 0) is 69.9 Å². The smallest absolute Gasteiger partial charge is 0.410 e. The van der Waals surface area contributed by atoms with E-state index in [-0.39, 0.29) is 12.0 Å². The first-order valence-corrected chi connectivity index (χ1v) is 11.6. The number of aryl methyl sites for hydroxylation is 1. The summed E-state index contributed by atoms with van der Waals surface area (Å²) in [6.45, 7) is 11.4. The summed E-state index contributed by atoms with van der Waals surface area (Å²) in [5.74, 6) is 0.368. The van der Waals surface area contributed by atoms with Crippen LogP contribution in [0.5, 0.6) is 0 Å². The van der Waals surface area contributed by atoms with E-state index in [1.807, 2.05) is 50.5 Å². The van der Waals surface area contributed by atoms with Crippen LogP contribution in [0.3, 0.4) is 0 Å². The molecule has 0 fully saturated rings. The quantitative estimate of drug-likeness (QED) is 0.588. The zero-order valence-corrected chi connectivity index (χ0v) is 20.5. The predicted octanol–water partition coefficient (Wildman–Crippen LogP) is 5.09. The number of anilines is 1. The number of benzene rings is 2. The van der Waals surface area contributed by atoms with Gasteiger partial charge in [0, 0.05) is 25.2 Å². The molecule has 3 aromatic rings. The first-order valence-electron chi connectivity index (χ1n) is 11.6. The molecule has 0 bridgehead atoms. The maximum Gasteiger partial charge on any atom is 0.410 e. The fourth-order valence-electron chi connectivity index (χ4n) is 4.09. The lowest BCUT2D eigenvalue weighted by atomic mass is 9.97. The second kappa shape index (κ2) is 9.33. The number of nitrogens with zero attached hydrogens (tertiary/aromatic N) is 3.